The summed E-state index contributed by atoms with van der Waals surface area (Å²) in [6, 6.07) is 12.6. The van der Waals surface area contributed by atoms with Gasteiger partial charge in [0.2, 0.25) is 0 Å². The fourth-order valence-corrected chi connectivity index (χ4v) is 2.08. The Labute approximate surface area is 127 Å². The van der Waals surface area contributed by atoms with Gasteiger partial charge in [0.05, 0.1) is 7.11 Å². The van der Waals surface area contributed by atoms with Gasteiger partial charge in [-0.2, -0.15) is 0 Å². The van der Waals surface area contributed by atoms with E-state index in [1.54, 1.807) is 36.4 Å². The molecule has 2 aromatic carbocycles. The lowest BCUT2D eigenvalue weighted by molar-refractivity contribution is -0.143. The zero-order valence-electron chi connectivity index (χ0n) is 11.4. The molecule has 0 radical (unpaired) electrons. The van der Waals surface area contributed by atoms with Gasteiger partial charge in [-0.1, -0.05) is 29.8 Å². The molecule has 2 rings (SSSR count). The van der Waals surface area contributed by atoms with E-state index in [-0.39, 0.29) is 6.61 Å². The molecule has 0 fully saturated rings. The second-order valence-electron chi connectivity index (χ2n) is 4.40. The van der Waals surface area contributed by atoms with E-state index in [0.717, 1.165) is 0 Å². The van der Waals surface area contributed by atoms with E-state index >= 15 is 0 Å². The van der Waals surface area contributed by atoms with Crippen molar-refractivity contribution < 1.29 is 18.7 Å². The normalized spacial score (nSPS) is 11.8. The molecule has 21 heavy (non-hydrogen) atoms. The van der Waals surface area contributed by atoms with E-state index in [0.29, 0.717) is 16.3 Å². The first kappa shape index (κ1) is 15.3. The lowest BCUT2D eigenvalue weighted by Crippen LogP contribution is -2.21. The number of carbonyl (C=O) groups is 1. The standard InChI is InChI=1S/C16H14ClFO3/c1-20-16(19)15(11-4-2-6-13(18)8-11)10-21-14-7-3-5-12(17)9-14/h2-9,15H,10H2,1H3. The number of esters is 1. The van der Waals surface area contributed by atoms with Crippen LogP contribution in [0.4, 0.5) is 4.39 Å². The van der Waals surface area contributed by atoms with Gasteiger partial charge in [-0.05, 0) is 35.9 Å². The van der Waals surface area contributed by atoms with Gasteiger partial charge in [0.25, 0.3) is 0 Å². The number of carbonyl (C=O) groups excluding carboxylic acids is 1. The summed E-state index contributed by atoms with van der Waals surface area (Å²) in [5, 5.41) is 0.535. The Hall–Kier alpha value is -2.07. The fraction of sp³-hybridized carbons (Fsp3) is 0.188. The molecule has 0 aliphatic carbocycles. The maximum atomic E-state index is 13.3. The molecule has 0 bridgehead atoms. The van der Waals surface area contributed by atoms with Crippen LogP contribution in [0, 0.1) is 5.82 Å². The van der Waals surface area contributed by atoms with E-state index in [4.69, 9.17) is 21.1 Å². The summed E-state index contributed by atoms with van der Waals surface area (Å²) in [6.45, 7) is 0.0382. The number of halogens is 2. The predicted molar refractivity (Wildman–Crippen MR) is 78.1 cm³/mol. The van der Waals surface area contributed by atoms with Crippen LogP contribution in [0.5, 0.6) is 5.75 Å². The quantitative estimate of drug-likeness (QED) is 0.788. The van der Waals surface area contributed by atoms with Gasteiger partial charge >= 0.3 is 5.97 Å². The van der Waals surface area contributed by atoms with Crippen molar-refractivity contribution in [3.63, 3.8) is 0 Å². The van der Waals surface area contributed by atoms with Crippen LogP contribution in [-0.4, -0.2) is 19.7 Å². The Kier molecular flexibility index (Phi) is 5.17. The number of rotatable bonds is 5. The highest BCUT2D eigenvalue weighted by molar-refractivity contribution is 6.30. The number of methoxy groups -OCH3 is 1. The molecule has 2 aromatic rings. The van der Waals surface area contributed by atoms with Crippen LogP contribution in [0.15, 0.2) is 48.5 Å². The highest BCUT2D eigenvalue weighted by Crippen LogP contribution is 2.22. The average molecular weight is 309 g/mol. The van der Waals surface area contributed by atoms with Crippen LogP contribution in [0.3, 0.4) is 0 Å². The van der Waals surface area contributed by atoms with E-state index in [9.17, 15) is 9.18 Å². The number of ether oxygens (including phenoxy) is 2. The summed E-state index contributed by atoms with van der Waals surface area (Å²) in [5.41, 5.74) is 0.504. The zero-order chi connectivity index (χ0) is 15.2. The van der Waals surface area contributed by atoms with Crippen molar-refractivity contribution in [2.24, 2.45) is 0 Å². The van der Waals surface area contributed by atoms with Crippen molar-refractivity contribution in [3.05, 3.63) is 64.9 Å². The predicted octanol–water partition coefficient (Wildman–Crippen LogP) is 3.81. The Balaban J connectivity index is 2.16. The molecule has 3 nitrogen and oxygen atoms in total. The third-order valence-corrected chi connectivity index (χ3v) is 3.18. The smallest absolute Gasteiger partial charge is 0.316 e. The van der Waals surface area contributed by atoms with E-state index in [1.165, 1.54) is 19.2 Å². The Morgan fingerprint density at radius 2 is 2.00 bits per heavy atom. The molecule has 0 aromatic heterocycles. The van der Waals surface area contributed by atoms with Crippen molar-refractivity contribution in [1.82, 2.24) is 0 Å². The first-order valence-corrected chi connectivity index (χ1v) is 6.69. The number of hydrogen-bond acceptors (Lipinski definition) is 3. The van der Waals surface area contributed by atoms with Crippen LogP contribution in [0.1, 0.15) is 11.5 Å². The second-order valence-corrected chi connectivity index (χ2v) is 4.84. The van der Waals surface area contributed by atoms with Crippen LogP contribution < -0.4 is 4.74 Å². The second kappa shape index (κ2) is 7.09. The average Bonchev–Trinajstić information content (AvgIpc) is 2.47. The summed E-state index contributed by atoms with van der Waals surface area (Å²) < 4.78 is 23.6. The highest BCUT2D eigenvalue weighted by Gasteiger charge is 2.23. The molecular formula is C16H14ClFO3. The zero-order valence-corrected chi connectivity index (χ0v) is 12.1. The highest BCUT2D eigenvalue weighted by atomic mass is 35.5. The third-order valence-electron chi connectivity index (χ3n) is 2.95. The topological polar surface area (TPSA) is 35.5 Å². The monoisotopic (exact) mass is 308 g/mol. The first-order chi connectivity index (χ1) is 10.1. The molecule has 0 saturated carbocycles. The summed E-state index contributed by atoms with van der Waals surface area (Å²) in [7, 11) is 1.29. The number of benzene rings is 2. The summed E-state index contributed by atoms with van der Waals surface area (Å²) >= 11 is 5.87. The van der Waals surface area contributed by atoms with Crippen LogP contribution in [0.2, 0.25) is 5.02 Å². The fourth-order valence-electron chi connectivity index (χ4n) is 1.90. The minimum Gasteiger partial charge on any atom is -0.492 e. The summed E-state index contributed by atoms with van der Waals surface area (Å²) in [4.78, 5) is 11.9. The first-order valence-electron chi connectivity index (χ1n) is 6.32. The third kappa shape index (κ3) is 4.20. The number of hydrogen-bond donors (Lipinski definition) is 0. The maximum Gasteiger partial charge on any atom is 0.316 e. The molecule has 0 amide bonds. The molecule has 0 spiro atoms. The molecule has 0 aliphatic rings. The van der Waals surface area contributed by atoms with E-state index in [1.807, 2.05) is 0 Å². The van der Waals surface area contributed by atoms with Crippen LogP contribution in [0.25, 0.3) is 0 Å². The molecule has 1 atom stereocenters. The Morgan fingerprint density at radius 1 is 1.24 bits per heavy atom. The largest absolute Gasteiger partial charge is 0.492 e. The van der Waals surface area contributed by atoms with Crippen molar-refractivity contribution >= 4 is 17.6 Å². The molecule has 0 aliphatic heterocycles. The van der Waals surface area contributed by atoms with Gasteiger partial charge in [0, 0.05) is 5.02 Å². The van der Waals surface area contributed by atoms with E-state index in [2.05, 4.69) is 0 Å². The lowest BCUT2D eigenvalue weighted by atomic mass is 10.00. The van der Waals surface area contributed by atoms with Gasteiger partial charge in [0.15, 0.2) is 0 Å². The van der Waals surface area contributed by atoms with Gasteiger partial charge in [0.1, 0.15) is 24.1 Å². The van der Waals surface area contributed by atoms with Gasteiger partial charge in [-0.3, -0.25) is 4.79 Å². The molecule has 0 N–H and O–H groups in total. The van der Waals surface area contributed by atoms with Gasteiger partial charge < -0.3 is 9.47 Å². The molecule has 0 saturated heterocycles. The van der Waals surface area contributed by atoms with Crippen molar-refractivity contribution in [3.8, 4) is 5.75 Å². The SMILES string of the molecule is COC(=O)C(COc1cccc(Cl)c1)c1cccc(F)c1. The minimum absolute atomic E-state index is 0.0382. The van der Waals surface area contributed by atoms with Crippen LogP contribution >= 0.6 is 11.6 Å². The molecular weight excluding hydrogens is 295 g/mol. The van der Waals surface area contributed by atoms with Crippen molar-refractivity contribution in [2.75, 3.05) is 13.7 Å². The molecule has 110 valence electrons. The Bertz CT molecular complexity index is 630. The molecule has 5 heteroatoms. The molecule has 0 heterocycles. The van der Waals surface area contributed by atoms with E-state index < -0.39 is 17.7 Å². The van der Waals surface area contributed by atoms with Crippen molar-refractivity contribution in [2.45, 2.75) is 5.92 Å². The lowest BCUT2D eigenvalue weighted by Gasteiger charge is -2.16. The van der Waals surface area contributed by atoms with Gasteiger partial charge in [-0.25, -0.2) is 4.39 Å². The Morgan fingerprint density at radius 3 is 2.67 bits per heavy atom. The van der Waals surface area contributed by atoms with Crippen molar-refractivity contribution in [1.29, 1.82) is 0 Å². The summed E-state index contributed by atoms with van der Waals surface area (Å²) in [6.07, 6.45) is 0. The maximum absolute atomic E-state index is 13.3. The minimum atomic E-state index is -0.704. The molecule has 1 unspecified atom stereocenters. The summed E-state index contributed by atoms with van der Waals surface area (Å²) in [5.74, 6) is -1.07. The van der Waals surface area contributed by atoms with Gasteiger partial charge in [-0.15, -0.1) is 0 Å². The van der Waals surface area contributed by atoms with Crippen LogP contribution in [-0.2, 0) is 9.53 Å².